The molecule has 0 bridgehead atoms. The van der Waals surface area contributed by atoms with Crippen LogP contribution in [0.3, 0.4) is 0 Å². The first-order chi connectivity index (χ1) is 8.13. The van der Waals surface area contributed by atoms with Gasteiger partial charge in [0, 0.05) is 13.2 Å². The van der Waals surface area contributed by atoms with Crippen LogP contribution in [0.5, 0.6) is 5.75 Å². The summed E-state index contributed by atoms with van der Waals surface area (Å²) in [6, 6.07) is 0. The standard InChI is InChI=1S/C11H12N2O4/c1-12-10(14)9-7(11(15)16)4-13-5-8(9)17-6-2-3-6/h4-6H,2-3H2,1H3,(H,12,14)(H,15,16). The second-order valence-electron chi connectivity index (χ2n) is 3.76. The second kappa shape index (κ2) is 4.40. The van der Waals surface area contributed by atoms with Crippen molar-refractivity contribution in [1.29, 1.82) is 0 Å². The highest BCUT2D eigenvalue weighted by molar-refractivity contribution is 6.06. The van der Waals surface area contributed by atoms with Crippen LogP contribution in [0.1, 0.15) is 33.6 Å². The molecule has 1 aliphatic rings. The van der Waals surface area contributed by atoms with Crippen molar-refractivity contribution in [2.24, 2.45) is 0 Å². The zero-order valence-electron chi connectivity index (χ0n) is 9.27. The third kappa shape index (κ3) is 2.35. The molecular formula is C11H12N2O4. The Labute approximate surface area is 97.6 Å². The van der Waals surface area contributed by atoms with Gasteiger partial charge in [-0.25, -0.2) is 4.79 Å². The Bertz CT molecular complexity index is 469. The molecule has 2 N–H and O–H groups in total. The van der Waals surface area contributed by atoms with Gasteiger partial charge in [0.05, 0.1) is 23.4 Å². The average molecular weight is 236 g/mol. The van der Waals surface area contributed by atoms with Gasteiger partial charge in [-0.1, -0.05) is 0 Å². The lowest BCUT2D eigenvalue weighted by molar-refractivity contribution is 0.0689. The van der Waals surface area contributed by atoms with E-state index in [0.717, 1.165) is 19.0 Å². The SMILES string of the molecule is CNC(=O)c1c(OC2CC2)cncc1C(=O)O. The van der Waals surface area contributed by atoms with Crippen LogP contribution in [0.4, 0.5) is 0 Å². The summed E-state index contributed by atoms with van der Waals surface area (Å²) in [4.78, 5) is 26.5. The van der Waals surface area contributed by atoms with Gasteiger partial charge in [-0.15, -0.1) is 0 Å². The van der Waals surface area contributed by atoms with E-state index in [1.807, 2.05) is 0 Å². The minimum atomic E-state index is -1.20. The predicted molar refractivity (Wildman–Crippen MR) is 58.2 cm³/mol. The molecule has 0 radical (unpaired) electrons. The molecule has 1 heterocycles. The van der Waals surface area contributed by atoms with Gasteiger partial charge >= 0.3 is 5.97 Å². The van der Waals surface area contributed by atoms with Crippen molar-refractivity contribution in [1.82, 2.24) is 10.3 Å². The van der Waals surface area contributed by atoms with E-state index in [0.29, 0.717) is 0 Å². The summed E-state index contributed by atoms with van der Waals surface area (Å²) in [5, 5.41) is 11.4. The lowest BCUT2D eigenvalue weighted by Crippen LogP contribution is -2.22. The van der Waals surface area contributed by atoms with Crippen molar-refractivity contribution < 1.29 is 19.4 Å². The van der Waals surface area contributed by atoms with Crippen LogP contribution in [0.2, 0.25) is 0 Å². The number of nitrogens with one attached hydrogen (secondary N) is 1. The minimum absolute atomic E-state index is 0.0295. The quantitative estimate of drug-likeness (QED) is 0.802. The summed E-state index contributed by atoms with van der Waals surface area (Å²) < 4.78 is 5.48. The maximum atomic E-state index is 11.7. The molecule has 90 valence electrons. The molecular weight excluding hydrogens is 224 g/mol. The summed E-state index contributed by atoms with van der Waals surface area (Å²) in [6.45, 7) is 0. The van der Waals surface area contributed by atoms with Gasteiger partial charge in [0.25, 0.3) is 5.91 Å². The highest BCUT2D eigenvalue weighted by atomic mass is 16.5. The summed E-state index contributed by atoms with van der Waals surface area (Å²) in [5.41, 5.74) is -0.121. The average Bonchev–Trinajstić information content (AvgIpc) is 3.11. The van der Waals surface area contributed by atoms with Gasteiger partial charge in [-0.2, -0.15) is 0 Å². The molecule has 0 aliphatic heterocycles. The largest absolute Gasteiger partial charge is 0.488 e. The third-order valence-electron chi connectivity index (χ3n) is 2.41. The van der Waals surface area contributed by atoms with E-state index in [-0.39, 0.29) is 23.0 Å². The van der Waals surface area contributed by atoms with Gasteiger partial charge in [0.15, 0.2) is 5.75 Å². The summed E-state index contributed by atoms with van der Waals surface area (Å²) in [7, 11) is 1.44. The number of ether oxygens (including phenoxy) is 1. The van der Waals surface area contributed by atoms with E-state index < -0.39 is 11.9 Å². The summed E-state index contributed by atoms with van der Waals surface area (Å²) in [5.74, 6) is -1.45. The highest BCUT2D eigenvalue weighted by Crippen LogP contribution is 2.30. The Morgan fingerprint density at radius 1 is 1.47 bits per heavy atom. The maximum absolute atomic E-state index is 11.7. The Morgan fingerprint density at radius 3 is 2.71 bits per heavy atom. The van der Waals surface area contributed by atoms with E-state index >= 15 is 0 Å². The number of pyridine rings is 1. The fourth-order valence-corrected chi connectivity index (χ4v) is 1.42. The summed E-state index contributed by atoms with van der Waals surface area (Å²) >= 11 is 0. The number of carbonyl (C=O) groups is 2. The van der Waals surface area contributed by atoms with Crippen molar-refractivity contribution in [2.75, 3.05) is 7.05 Å². The van der Waals surface area contributed by atoms with Crippen molar-refractivity contribution >= 4 is 11.9 Å². The van der Waals surface area contributed by atoms with E-state index in [2.05, 4.69) is 10.3 Å². The number of aromatic nitrogens is 1. The number of hydrogen-bond acceptors (Lipinski definition) is 4. The smallest absolute Gasteiger partial charge is 0.338 e. The second-order valence-corrected chi connectivity index (χ2v) is 3.76. The molecule has 1 saturated carbocycles. The summed E-state index contributed by atoms with van der Waals surface area (Å²) in [6.07, 6.45) is 4.43. The van der Waals surface area contributed by atoms with Crippen molar-refractivity contribution in [3.8, 4) is 5.75 Å². The first kappa shape index (κ1) is 11.4. The molecule has 6 nitrogen and oxygen atoms in total. The number of carbonyl (C=O) groups excluding carboxylic acids is 1. The van der Waals surface area contributed by atoms with Crippen LogP contribution in [0.15, 0.2) is 12.4 Å². The van der Waals surface area contributed by atoms with Crippen LogP contribution < -0.4 is 10.1 Å². The number of carboxylic acids is 1. The molecule has 1 fully saturated rings. The first-order valence-corrected chi connectivity index (χ1v) is 5.23. The number of hydrogen-bond donors (Lipinski definition) is 2. The molecule has 1 aromatic heterocycles. The zero-order valence-corrected chi connectivity index (χ0v) is 9.27. The zero-order chi connectivity index (χ0) is 12.4. The molecule has 0 unspecified atom stereocenters. The fraction of sp³-hybridized carbons (Fsp3) is 0.364. The van der Waals surface area contributed by atoms with E-state index in [9.17, 15) is 9.59 Å². The maximum Gasteiger partial charge on any atom is 0.338 e. The highest BCUT2D eigenvalue weighted by Gasteiger charge is 2.28. The van der Waals surface area contributed by atoms with Crippen LogP contribution >= 0.6 is 0 Å². The molecule has 0 atom stereocenters. The Morgan fingerprint density at radius 2 is 2.18 bits per heavy atom. The van der Waals surface area contributed by atoms with Crippen molar-refractivity contribution in [3.05, 3.63) is 23.5 Å². The van der Waals surface area contributed by atoms with E-state index in [4.69, 9.17) is 9.84 Å². The van der Waals surface area contributed by atoms with Gasteiger partial charge in [0.2, 0.25) is 0 Å². The van der Waals surface area contributed by atoms with Crippen LogP contribution in [0, 0.1) is 0 Å². The molecule has 6 heteroatoms. The molecule has 1 aliphatic carbocycles. The van der Waals surface area contributed by atoms with Crippen LogP contribution in [-0.4, -0.2) is 35.1 Å². The molecule has 2 rings (SSSR count). The Kier molecular flexibility index (Phi) is 2.95. The third-order valence-corrected chi connectivity index (χ3v) is 2.41. The molecule has 17 heavy (non-hydrogen) atoms. The topological polar surface area (TPSA) is 88.5 Å². The molecule has 0 spiro atoms. The number of carboxylic acid groups (broad SMARTS) is 1. The van der Waals surface area contributed by atoms with Crippen molar-refractivity contribution in [3.63, 3.8) is 0 Å². The molecule has 0 saturated heterocycles. The monoisotopic (exact) mass is 236 g/mol. The lowest BCUT2D eigenvalue weighted by atomic mass is 10.1. The van der Waals surface area contributed by atoms with E-state index in [1.165, 1.54) is 13.2 Å². The van der Waals surface area contributed by atoms with Gasteiger partial charge < -0.3 is 15.2 Å². The molecule has 0 aromatic carbocycles. The van der Waals surface area contributed by atoms with E-state index in [1.54, 1.807) is 0 Å². The molecule has 1 amide bonds. The van der Waals surface area contributed by atoms with Crippen molar-refractivity contribution in [2.45, 2.75) is 18.9 Å². The minimum Gasteiger partial charge on any atom is -0.488 e. The fourth-order valence-electron chi connectivity index (χ4n) is 1.42. The van der Waals surface area contributed by atoms with Gasteiger partial charge in [-0.3, -0.25) is 9.78 Å². The normalized spacial score (nSPS) is 14.2. The first-order valence-electron chi connectivity index (χ1n) is 5.23. The number of rotatable bonds is 4. The number of amides is 1. The van der Waals surface area contributed by atoms with Gasteiger partial charge in [-0.05, 0) is 12.8 Å². The Balaban J connectivity index is 2.45. The predicted octanol–water partition coefficient (Wildman–Crippen LogP) is 0.681. The Hall–Kier alpha value is -2.11. The number of aromatic carboxylic acids is 1. The molecule has 1 aromatic rings. The van der Waals surface area contributed by atoms with Crippen LogP contribution in [0.25, 0.3) is 0 Å². The number of nitrogens with zero attached hydrogens (tertiary/aromatic N) is 1. The lowest BCUT2D eigenvalue weighted by Gasteiger charge is -2.11. The van der Waals surface area contributed by atoms with Crippen LogP contribution in [-0.2, 0) is 0 Å². The van der Waals surface area contributed by atoms with Gasteiger partial charge in [0.1, 0.15) is 0 Å².